The lowest BCUT2D eigenvalue weighted by molar-refractivity contribution is -0.143. The van der Waals surface area contributed by atoms with E-state index in [9.17, 15) is 9.59 Å². The van der Waals surface area contributed by atoms with Crippen LogP contribution in [-0.2, 0) is 12.7 Å². The molecule has 0 atom stereocenters. The molecule has 7 heteroatoms. The van der Waals surface area contributed by atoms with Crippen molar-refractivity contribution in [3.05, 3.63) is 22.8 Å². The van der Waals surface area contributed by atoms with Gasteiger partial charge in [-0.05, 0) is 28.1 Å². The van der Waals surface area contributed by atoms with Gasteiger partial charge in [0, 0.05) is 10.7 Å². The Labute approximate surface area is 102 Å². The summed E-state index contributed by atoms with van der Waals surface area (Å²) in [7, 11) is 0. The molecule has 0 unspecified atom stereocenters. The third kappa shape index (κ3) is 3.22. The van der Waals surface area contributed by atoms with E-state index in [1.165, 1.54) is 29.2 Å². The van der Waals surface area contributed by atoms with Crippen LogP contribution in [0.4, 0.5) is 5.82 Å². The van der Waals surface area contributed by atoms with Crippen molar-refractivity contribution >= 4 is 56.6 Å². The Kier molecular flexibility index (Phi) is 4.26. The Hall–Kier alpha value is -0.700. The minimum Gasteiger partial charge on any atom is -0.387 e. The predicted molar refractivity (Wildman–Crippen MR) is 60.7 cm³/mol. The van der Waals surface area contributed by atoms with Crippen LogP contribution in [0, 0.1) is 0 Å². The second kappa shape index (κ2) is 5.25. The van der Waals surface area contributed by atoms with E-state index in [1.54, 1.807) is 12.1 Å². The molecule has 0 spiro atoms. The summed E-state index contributed by atoms with van der Waals surface area (Å²) in [6.45, 7) is 0. The Morgan fingerprint density at radius 1 is 1.50 bits per heavy atom. The lowest BCUT2D eigenvalue weighted by Crippen LogP contribution is -2.22. The molecule has 0 radical (unpaired) electrons. The van der Waals surface area contributed by atoms with Crippen molar-refractivity contribution in [1.82, 2.24) is 4.98 Å². The van der Waals surface area contributed by atoms with Crippen molar-refractivity contribution in [2.75, 3.05) is 5.32 Å². The first-order valence-electron chi connectivity index (χ1n) is 3.39. The van der Waals surface area contributed by atoms with Gasteiger partial charge in [0.05, 0.1) is 0 Å². The van der Waals surface area contributed by atoms with E-state index in [0.717, 1.165) is 4.47 Å². The molecule has 0 aliphatic heterocycles. The van der Waals surface area contributed by atoms with Crippen LogP contribution in [0.25, 0.3) is 0 Å². The van der Waals surface area contributed by atoms with Gasteiger partial charge in [0.25, 0.3) is 0 Å². The van der Waals surface area contributed by atoms with Crippen molar-refractivity contribution in [2.45, 2.75) is 0 Å². The van der Waals surface area contributed by atoms with Crippen LogP contribution in [0.3, 0.4) is 0 Å². The van der Waals surface area contributed by atoms with Gasteiger partial charge in [-0.3, -0.25) is 4.79 Å². The van der Waals surface area contributed by atoms with Crippen molar-refractivity contribution in [2.24, 2.45) is 0 Å². The number of anilines is 1. The molecule has 0 saturated heterocycles. The van der Waals surface area contributed by atoms with Gasteiger partial charge < -0.3 is 8.38 Å². The maximum Gasteiger partial charge on any atom is 0.406 e. The zero-order valence-electron chi connectivity index (χ0n) is 6.66. The molecule has 0 aromatic carbocycles. The largest absolute Gasteiger partial charge is 0.406 e. The number of pyridine rings is 1. The molecule has 0 fully saturated rings. The van der Waals surface area contributed by atoms with E-state index in [-0.39, 0.29) is 0 Å². The van der Waals surface area contributed by atoms with E-state index in [1.807, 2.05) is 0 Å². The molecule has 1 amide bonds. The number of amides is 1. The third-order valence-corrected chi connectivity index (χ3v) is 2.09. The Balaban J connectivity index is 2.65. The van der Waals surface area contributed by atoms with E-state index in [0.29, 0.717) is 5.82 Å². The quantitative estimate of drug-likeness (QED) is 0.603. The van der Waals surface area contributed by atoms with E-state index in [2.05, 4.69) is 29.3 Å². The number of carbonyl (C=O) groups excluding carboxylic acids is 2. The summed E-state index contributed by atoms with van der Waals surface area (Å²) in [5.74, 6) is -1.52. The second-order valence-electron chi connectivity index (χ2n) is 2.18. The highest BCUT2D eigenvalue weighted by Crippen LogP contribution is 2.10. The Bertz CT molecular complexity index is 354. The topological polar surface area (TPSA) is 68.3 Å². The molecule has 0 saturated carbocycles. The van der Waals surface area contributed by atoms with Crippen LogP contribution in [0.1, 0.15) is 0 Å². The zero-order chi connectivity index (χ0) is 10.6. The number of halogens is 2. The smallest absolute Gasteiger partial charge is 0.387 e. The highest BCUT2D eigenvalue weighted by atomic mass is 127. The first-order valence-corrected chi connectivity index (χ1v) is 5.06. The SMILES string of the molecule is O=C(Nc1ccc(Br)cn1)C(=O)OI. The fourth-order valence-corrected chi connectivity index (χ4v) is 1.09. The summed E-state index contributed by atoms with van der Waals surface area (Å²) in [6.07, 6.45) is 1.50. The molecule has 1 rings (SSSR count). The van der Waals surface area contributed by atoms with Gasteiger partial charge in [-0.2, -0.15) is 0 Å². The fraction of sp³-hybridized carbons (Fsp3) is 0. The molecule has 0 bridgehead atoms. The highest BCUT2D eigenvalue weighted by Gasteiger charge is 2.14. The van der Waals surface area contributed by atoms with Gasteiger partial charge in [-0.25, -0.2) is 9.78 Å². The average molecular weight is 371 g/mol. The van der Waals surface area contributed by atoms with Crippen molar-refractivity contribution in [3.63, 3.8) is 0 Å². The standard InChI is InChI=1S/C7H4BrIN2O3/c8-4-1-2-5(10-3-4)11-6(12)7(13)14-9/h1-3H,(H,10,11,12). The minimum atomic E-state index is -0.963. The lowest BCUT2D eigenvalue weighted by Gasteiger charge is -2.00. The molecule has 1 aromatic rings. The van der Waals surface area contributed by atoms with Gasteiger partial charge in [-0.1, -0.05) is 0 Å². The first-order chi connectivity index (χ1) is 6.63. The molecule has 14 heavy (non-hydrogen) atoms. The van der Waals surface area contributed by atoms with Crippen LogP contribution < -0.4 is 5.32 Å². The van der Waals surface area contributed by atoms with E-state index >= 15 is 0 Å². The fourth-order valence-electron chi connectivity index (χ4n) is 0.652. The van der Waals surface area contributed by atoms with E-state index in [4.69, 9.17) is 0 Å². The molecule has 1 aromatic heterocycles. The van der Waals surface area contributed by atoms with Crippen LogP contribution in [-0.4, -0.2) is 16.9 Å². The van der Waals surface area contributed by atoms with Gasteiger partial charge in [0.15, 0.2) is 23.0 Å². The number of aromatic nitrogens is 1. The van der Waals surface area contributed by atoms with Gasteiger partial charge in [0.2, 0.25) is 0 Å². The number of hydrogen-bond donors (Lipinski definition) is 1. The molecule has 5 nitrogen and oxygen atoms in total. The van der Waals surface area contributed by atoms with Crippen LogP contribution in [0.5, 0.6) is 0 Å². The number of nitrogens with one attached hydrogen (secondary N) is 1. The molecular formula is C7H4BrIN2O3. The maximum absolute atomic E-state index is 11.0. The minimum absolute atomic E-state index is 0.292. The van der Waals surface area contributed by atoms with Gasteiger partial charge >= 0.3 is 11.9 Å². The monoisotopic (exact) mass is 370 g/mol. The Morgan fingerprint density at radius 2 is 2.21 bits per heavy atom. The molecule has 1 N–H and O–H groups in total. The molecule has 0 aliphatic carbocycles. The summed E-state index contributed by atoms with van der Waals surface area (Å²) in [4.78, 5) is 25.5. The molecule has 74 valence electrons. The lowest BCUT2D eigenvalue weighted by atomic mass is 10.4. The number of hydrogen-bond acceptors (Lipinski definition) is 4. The van der Waals surface area contributed by atoms with Crippen molar-refractivity contribution < 1.29 is 12.7 Å². The second-order valence-corrected chi connectivity index (χ2v) is 3.54. The van der Waals surface area contributed by atoms with Crippen molar-refractivity contribution in [1.29, 1.82) is 0 Å². The number of carbonyl (C=O) groups is 2. The molecular weight excluding hydrogens is 367 g/mol. The Morgan fingerprint density at radius 3 is 2.71 bits per heavy atom. The summed E-state index contributed by atoms with van der Waals surface area (Å²) < 4.78 is 4.97. The average Bonchev–Trinajstić information content (AvgIpc) is 2.20. The van der Waals surface area contributed by atoms with Crippen LogP contribution in [0.15, 0.2) is 22.8 Å². The zero-order valence-corrected chi connectivity index (χ0v) is 10.4. The van der Waals surface area contributed by atoms with E-state index < -0.39 is 11.9 Å². The van der Waals surface area contributed by atoms with Crippen LogP contribution in [0.2, 0.25) is 0 Å². The van der Waals surface area contributed by atoms with Gasteiger partial charge in [0.1, 0.15) is 5.82 Å². The predicted octanol–water partition coefficient (Wildman–Crippen LogP) is 1.68. The number of nitrogens with zero attached hydrogens (tertiary/aromatic N) is 1. The molecule has 0 aliphatic rings. The summed E-state index contributed by atoms with van der Waals surface area (Å²) in [5.41, 5.74) is 0. The summed E-state index contributed by atoms with van der Waals surface area (Å²) in [6, 6.07) is 3.25. The van der Waals surface area contributed by atoms with Crippen LogP contribution >= 0.6 is 38.9 Å². The normalized spacial score (nSPS) is 9.29. The third-order valence-electron chi connectivity index (χ3n) is 1.22. The highest BCUT2D eigenvalue weighted by molar-refractivity contribution is 14.1. The molecule has 1 heterocycles. The summed E-state index contributed by atoms with van der Waals surface area (Å²) >= 11 is 4.52. The van der Waals surface area contributed by atoms with Crippen molar-refractivity contribution in [3.8, 4) is 0 Å². The first kappa shape index (κ1) is 11.4. The maximum atomic E-state index is 11.0. The summed E-state index contributed by atoms with van der Waals surface area (Å²) in [5, 5.41) is 2.27. The van der Waals surface area contributed by atoms with Gasteiger partial charge in [-0.15, -0.1) is 0 Å². The number of rotatable bonds is 1.